The Morgan fingerprint density at radius 3 is 3.10 bits per heavy atom. The van der Waals surface area contributed by atoms with Crippen LogP contribution in [0.4, 0.5) is 0 Å². The lowest BCUT2D eigenvalue weighted by atomic mass is 10.4. The van der Waals surface area contributed by atoms with Crippen LogP contribution in [0.25, 0.3) is 0 Å². The largest absolute Gasteiger partial charge is 0.395 e. The Kier molecular flexibility index (Phi) is 2.28. The molecule has 0 aromatic heterocycles. The van der Waals surface area contributed by atoms with E-state index in [0.29, 0.717) is 19.0 Å². The van der Waals surface area contributed by atoms with Crippen LogP contribution in [0.5, 0.6) is 0 Å². The minimum absolute atomic E-state index is 0.153. The number of nitrogens with zero attached hydrogens (tertiary/aromatic N) is 2. The average Bonchev–Trinajstić information content (AvgIpc) is 1.95. The molecule has 0 fully saturated rings. The van der Waals surface area contributed by atoms with Crippen molar-refractivity contribution in [1.82, 2.24) is 4.90 Å². The van der Waals surface area contributed by atoms with Crippen molar-refractivity contribution >= 4 is 5.84 Å². The van der Waals surface area contributed by atoms with Crippen molar-refractivity contribution in [3.05, 3.63) is 12.3 Å². The summed E-state index contributed by atoms with van der Waals surface area (Å²) in [6, 6.07) is 0. The number of rotatable bonds is 2. The van der Waals surface area contributed by atoms with Crippen LogP contribution in [0.1, 0.15) is 0 Å². The normalized spacial score (nSPS) is 17.3. The monoisotopic (exact) mass is 141 g/mol. The fraction of sp³-hybridized carbons (Fsp3) is 0.500. The van der Waals surface area contributed by atoms with Crippen LogP contribution in [0.15, 0.2) is 17.3 Å². The second kappa shape index (κ2) is 3.22. The van der Waals surface area contributed by atoms with Crippen molar-refractivity contribution in [3.63, 3.8) is 0 Å². The van der Waals surface area contributed by atoms with Crippen molar-refractivity contribution in [2.24, 2.45) is 10.7 Å². The molecule has 0 aromatic carbocycles. The molecule has 4 heteroatoms. The lowest BCUT2D eigenvalue weighted by molar-refractivity contribution is 0.238. The first-order valence-electron chi connectivity index (χ1n) is 3.16. The molecule has 0 bridgehead atoms. The molecule has 0 unspecified atom stereocenters. The zero-order chi connectivity index (χ0) is 7.40. The molecular formula is C6H11N3O. The molecule has 4 nitrogen and oxygen atoms in total. The minimum Gasteiger partial charge on any atom is -0.395 e. The van der Waals surface area contributed by atoms with Gasteiger partial charge in [-0.15, -0.1) is 0 Å². The van der Waals surface area contributed by atoms with E-state index >= 15 is 0 Å². The van der Waals surface area contributed by atoms with Crippen molar-refractivity contribution in [2.75, 3.05) is 19.8 Å². The highest BCUT2D eigenvalue weighted by Crippen LogP contribution is 1.95. The minimum atomic E-state index is 0.153. The van der Waals surface area contributed by atoms with Crippen molar-refractivity contribution in [1.29, 1.82) is 0 Å². The quantitative estimate of drug-likeness (QED) is 0.525. The standard InChI is InChI=1S/C6H11N3O/c7-6-1-2-9(3-4-10)5-8-6/h1-2,10H,3-5H2,(H2,7,8). The molecule has 56 valence electrons. The fourth-order valence-electron chi connectivity index (χ4n) is 0.728. The number of aliphatic imine (C=N–C) groups is 1. The van der Waals surface area contributed by atoms with Crippen molar-refractivity contribution in [3.8, 4) is 0 Å². The second-order valence-corrected chi connectivity index (χ2v) is 2.08. The van der Waals surface area contributed by atoms with Crippen molar-refractivity contribution in [2.45, 2.75) is 0 Å². The number of aliphatic hydroxyl groups excluding tert-OH is 1. The summed E-state index contributed by atoms with van der Waals surface area (Å²) in [6.45, 7) is 1.33. The van der Waals surface area contributed by atoms with Gasteiger partial charge in [0.2, 0.25) is 0 Å². The SMILES string of the molecule is NC1=NCN(CCO)C=C1. The summed E-state index contributed by atoms with van der Waals surface area (Å²) in [5.41, 5.74) is 5.37. The van der Waals surface area contributed by atoms with Crippen LogP contribution in [0, 0.1) is 0 Å². The molecule has 1 aliphatic rings. The number of amidine groups is 1. The molecule has 0 amide bonds. The Hall–Kier alpha value is -1.03. The first-order chi connectivity index (χ1) is 4.83. The first kappa shape index (κ1) is 7.08. The number of aliphatic hydroxyl groups is 1. The highest BCUT2D eigenvalue weighted by atomic mass is 16.3. The number of β-amino-alcohol motifs (C(OH)–C–C–N with tert-alkyl or cyclic N) is 1. The van der Waals surface area contributed by atoms with Gasteiger partial charge in [0.15, 0.2) is 0 Å². The lowest BCUT2D eigenvalue weighted by Gasteiger charge is -2.19. The van der Waals surface area contributed by atoms with Crippen LogP contribution in [0.3, 0.4) is 0 Å². The van der Waals surface area contributed by atoms with E-state index in [2.05, 4.69) is 4.99 Å². The van der Waals surface area contributed by atoms with Gasteiger partial charge in [0.1, 0.15) is 12.5 Å². The van der Waals surface area contributed by atoms with Gasteiger partial charge >= 0.3 is 0 Å². The molecule has 3 N–H and O–H groups in total. The average molecular weight is 141 g/mol. The molecule has 1 rings (SSSR count). The molecule has 0 atom stereocenters. The van der Waals surface area contributed by atoms with Gasteiger partial charge in [0.05, 0.1) is 6.61 Å². The first-order valence-corrected chi connectivity index (χ1v) is 3.16. The Labute approximate surface area is 59.7 Å². The smallest absolute Gasteiger partial charge is 0.121 e. The molecular weight excluding hydrogens is 130 g/mol. The maximum absolute atomic E-state index is 8.53. The van der Waals surface area contributed by atoms with E-state index in [1.165, 1.54) is 0 Å². The summed E-state index contributed by atoms with van der Waals surface area (Å²) < 4.78 is 0. The molecule has 0 aliphatic carbocycles. The molecule has 1 heterocycles. The molecule has 0 spiro atoms. The van der Waals surface area contributed by atoms with Crippen LogP contribution in [0.2, 0.25) is 0 Å². The predicted octanol–water partition coefficient (Wildman–Crippen LogP) is -0.877. The molecule has 0 saturated heterocycles. The third-order valence-electron chi connectivity index (χ3n) is 1.28. The molecule has 0 saturated carbocycles. The van der Waals surface area contributed by atoms with E-state index in [9.17, 15) is 0 Å². The highest BCUT2D eigenvalue weighted by Gasteiger charge is 2.00. The predicted molar refractivity (Wildman–Crippen MR) is 39.4 cm³/mol. The third kappa shape index (κ3) is 1.73. The zero-order valence-electron chi connectivity index (χ0n) is 5.70. The second-order valence-electron chi connectivity index (χ2n) is 2.08. The van der Waals surface area contributed by atoms with Gasteiger partial charge in [0, 0.05) is 12.7 Å². The Morgan fingerprint density at radius 1 is 1.80 bits per heavy atom. The summed E-state index contributed by atoms with van der Waals surface area (Å²) in [4.78, 5) is 5.84. The topological polar surface area (TPSA) is 61.8 Å². The van der Waals surface area contributed by atoms with E-state index in [0.717, 1.165) is 0 Å². The number of hydrogen-bond donors (Lipinski definition) is 2. The van der Waals surface area contributed by atoms with E-state index in [4.69, 9.17) is 10.8 Å². The van der Waals surface area contributed by atoms with Gasteiger partial charge in [-0.3, -0.25) is 0 Å². The summed E-state index contributed by atoms with van der Waals surface area (Å²) in [6.07, 6.45) is 3.55. The molecule has 0 radical (unpaired) electrons. The van der Waals surface area contributed by atoms with E-state index < -0.39 is 0 Å². The van der Waals surface area contributed by atoms with E-state index in [1.54, 1.807) is 6.08 Å². The van der Waals surface area contributed by atoms with Crippen molar-refractivity contribution < 1.29 is 5.11 Å². The van der Waals surface area contributed by atoms with E-state index in [-0.39, 0.29) is 6.61 Å². The maximum Gasteiger partial charge on any atom is 0.121 e. The number of hydrogen-bond acceptors (Lipinski definition) is 4. The van der Waals surface area contributed by atoms with Gasteiger partial charge in [-0.1, -0.05) is 0 Å². The maximum atomic E-state index is 8.53. The van der Waals surface area contributed by atoms with Crippen LogP contribution in [-0.2, 0) is 0 Å². The van der Waals surface area contributed by atoms with Gasteiger partial charge in [0.25, 0.3) is 0 Å². The van der Waals surface area contributed by atoms with Gasteiger partial charge in [-0.25, -0.2) is 4.99 Å². The summed E-state index contributed by atoms with van der Waals surface area (Å²) in [5.74, 6) is 0.550. The van der Waals surface area contributed by atoms with Crippen LogP contribution in [-0.4, -0.2) is 35.7 Å². The molecule has 10 heavy (non-hydrogen) atoms. The van der Waals surface area contributed by atoms with Gasteiger partial charge in [-0.2, -0.15) is 0 Å². The summed E-state index contributed by atoms with van der Waals surface area (Å²) in [5, 5.41) is 8.53. The zero-order valence-corrected chi connectivity index (χ0v) is 5.70. The Bertz CT molecular complexity index is 164. The lowest BCUT2D eigenvalue weighted by Crippen LogP contribution is -2.27. The summed E-state index contributed by atoms with van der Waals surface area (Å²) in [7, 11) is 0. The number of nitrogens with two attached hydrogens (primary N) is 1. The van der Waals surface area contributed by atoms with Crippen LogP contribution >= 0.6 is 0 Å². The third-order valence-corrected chi connectivity index (χ3v) is 1.28. The van der Waals surface area contributed by atoms with Gasteiger partial charge < -0.3 is 15.7 Å². The Balaban J connectivity index is 2.37. The Morgan fingerprint density at radius 2 is 2.60 bits per heavy atom. The molecule has 0 aromatic rings. The fourth-order valence-corrected chi connectivity index (χ4v) is 0.728. The summed E-state index contributed by atoms with van der Waals surface area (Å²) >= 11 is 0. The van der Waals surface area contributed by atoms with Gasteiger partial charge in [-0.05, 0) is 6.08 Å². The highest BCUT2D eigenvalue weighted by molar-refractivity contribution is 5.91. The van der Waals surface area contributed by atoms with E-state index in [1.807, 2.05) is 11.1 Å². The molecule has 1 aliphatic heterocycles. The van der Waals surface area contributed by atoms with Crippen LogP contribution < -0.4 is 5.73 Å².